The molecule has 12 heteroatoms. The van der Waals surface area contributed by atoms with E-state index >= 15 is 0 Å². The fourth-order valence-electron chi connectivity index (χ4n) is 6.40. The van der Waals surface area contributed by atoms with E-state index in [9.17, 15) is 18.4 Å². The number of fused-ring (bicyclic) bond motifs is 3. The minimum Gasteiger partial charge on any atom is -0.493 e. The van der Waals surface area contributed by atoms with Crippen LogP contribution < -0.4 is 18.9 Å². The van der Waals surface area contributed by atoms with Gasteiger partial charge in [-0.2, -0.15) is 0 Å². The third-order valence-electron chi connectivity index (χ3n) is 9.68. The average molecular weight is 759 g/mol. The van der Waals surface area contributed by atoms with Crippen LogP contribution in [0, 0.1) is 11.6 Å². The molecule has 0 N–H and O–H groups in total. The lowest BCUT2D eigenvalue weighted by molar-refractivity contribution is 0.0719. The van der Waals surface area contributed by atoms with Gasteiger partial charge >= 0.3 is 11.9 Å². The lowest BCUT2D eigenvalue weighted by Crippen LogP contribution is -2.16. The molecule has 2 heterocycles. The van der Waals surface area contributed by atoms with Crippen LogP contribution in [0.15, 0.2) is 72.8 Å². The number of carbonyl (C=O) groups is 2. The number of hydrogen-bond donors (Lipinski definition) is 0. The number of benzene rings is 4. The van der Waals surface area contributed by atoms with E-state index < -0.39 is 29.0 Å². The number of halogens is 2. The summed E-state index contributed by atoms with van der Waals surface area (Å²) in [5, 5.41) is 0. The molecule has 0 aromatic heterocycles. The summed E-state index contributed by atoms with van der Waals surface area (Å²) in [6, 6.07) is 18.6. The van der Waals surface area contributed by atoms with Gasteiger partial charge in [0, 0.05) is 30.8 Å². The average Bonchev–Trinajstić information content (AvgIpc) is 4.11. The minimum atomic E-state index is -0.837. The molecule has 2 fully saturated rings. The molecule has 55 heavy (non-hydrogen) atoms. The van der Waals surface area contributed by atoms with Gasteiger partial charge < -0.3 is 37.9 Å². The van der Waals surface area contributed by atoms with Gasteiger partial charge in [0.05, 0.1) is 50.8 Å². The molecule has 4 aromatic rings. The van der Waals surface area contributed by atoms with Gasteiger partial charge in [0.15, 0.2) is 0 Å². The van der Waals surface area contributed by atoms with Crippen LogP contribution in [0.3, 0.4) is 0 Å². The summed E-state index contributed by atoms with van der Waals surface area (Å²) >= 11 is 0. The normalized spacial score (nSPS) is 17.2. The number of hydrogen-bond acceptors (Lipinski definition) is 10. The summed E-state index contributed by atoms with van der Waals surface area (Å²) in [5.74, 6) is -2.02. The standard InChI is InChI=1S/C43H44F2O10/c1-43(2)37-19-29(54-41(46)35-13-7-27(21-39(35)44)50-17-5-3-15-48-23-31-25-52-31)9-11-33(37)34-12-10-30(20-38(34)43)55-42(47)36-14-8-28(22-40(36)45)51-18-6-4-16-49-24-32-26-53-32/h7-14,19-22,31-32H,3-6,15-18,23-26H2,1-2H3. The molecule has 4 aromatic carbocycles. The van der Waals surface area contributed by atoms with E-state index in [-0.39, 0.29) is 34.8 Å². The van der Waals surface area contributed by atoms with Crippen LogP contribution in [-0.4, -0.2) is 77.0 Å². The summed E-state index contributed by atoms with van der Waals surface area (Å²) in [4.78, 5) is 26.1. The van der Waals surface area contributed by atoms with Crippen molar-refractivity contribution < 1.29 is 56.3 Å². The Hall–Kier alpha value is -4.88. The molecule has 0 amide bonds. The second-order valence-electron chi connectivity index (χ2n) is 14.3. The quantitative estimate of drug-likeness (QED) is 0.0382. The van der Waals surface area contributed by atoms with Crippen molar-refractivity contribution in [3.05, 3.63) is 107 Å². The van der Waals surface area contributed by atoms with Crippen LogP contribution >= 0.6 is 0 Å². The van der Waals surface area contributed by atoms with Crippen molar-refractivity contribution in [1.29, 1.82) is 0 Å². The Morgan fingerprint density at radius 2 is 1.00 bits per heavy atom. The van der Waals surface area contributed by atoms with Crippen molar-refractivity contribution in [3.63, 3.8) is 0 Å². The predicted octanol–water partition coefficient (Wildman–Crippen LogP) is 7.86. The molecule has 7 rings (SSSR count). The van der Waals surface area contributed by atoms with E-state index in [0.717, 1.165) is 61.2 Å². The molecule has 2 atom stereocenters. The van der Waals surface area contributed by atoms with Gasteiger partial charge in [-0.3, -0.25) is 0 Å². The Morgan fingerprint density at radius 3 is 1.40 bits per heavy atom. The van der Waals surface area contributed by atoms with Crippen LogP contribution in [0.2, 0.25) is 0 Å². The fourth-order valence-corrected chi connectivity index (χ4v) is 6.40. The maximum absolute atomic E-state index is 15.0. The van der Waals surface area contributed by atoms with E-state index in [1.807, 2.05) is 26.0 Å². The Bertz CT molecular complexity index is 1860. The van der Waals surface area contributed by atoms with Crippen molar-refractivity contribution in [1.82, 2.24) is 0 Å². The molecule has 0 radical (unpaired) electrons. The van der Waals surface area contributed by atoms with Crippen LogP contribution in [0.1, 0.15) is 71.4 Å². The lowest BCUT2D eigenvalue weighted by Gasteiger charge is -2.22. The highest BCUT2D eigenvalue weighted by Gasteiger charge is 2.36. The minimum absolute atomic E-state index is 0.215. The molecule has 2 unspecified atom stereocenters. The van der Waals surface area contributed by atoms with Crippen molar-refractivity contribution in [2.24, 2.45) is 0 Å². The number of ether oxygens (including phenoxy) is 8. The van der Waals surface area contributed by atoms with E-state index in [1.165, 1.54) is 24.3 Å². The Labute approximate surface area is 318 Å². The zero-order valence-electron chi connectivity index (χ0n) is 30.9. The fraction of sp³-hybridized carbons (Fsp3) is 0.395. The van der Waals surface area contributed by atoms with Gasteiger partial charge in [0.2, 0.25) is 0 Å². The largest absolute Gasteiger partial charge is 0.493 e. The van der Waals surface area contributed by atoms with Crippen LogP contribution in [-0.2, 0) is 24.4 Å². The number of carbonyl (C=O) groups excluding carboxylic acids is 2. The summed E-state index contributed by atoms with van der Waals surface area (Å²) in [5.41, 5.74) is 2.55. The summed E-state index contributed by atoms with van der Waals surface area (Å²) in [7, 11) is 0. The van der Waals surface area contributed by atoms with E-state index in [4.69, 9.17) is 37.9 Å². The number of epoxide rings is 2. The highest BCUT2D eigenvalue weighted by atomic mass is 19.1. The van der Waals surface area contributed by atoms with E-state index in [0.29, 0.717) is 51.1 Å². The van der Waals surface area contributed by atoms with Crippen molar-refractivity contribution in [2.45, 2.75) is 57.2 Å². The van der Waals surface area contributed by atoms with Gasteiger partial charge in [0.25, 0.3) is 0 Å². The molecule has 0 saturated carbocycles. The molecule has 0 bridgehead atoms. The molecule has 3 aliphatic rings. The van der Waals surface area contributed by atoms with E-state index in [2.05, 4.69) is 0 Å². The van der Waals surface area contributed by atoms with Gasteiger partial charge in [-0.1, -0.05) is 26.0 Å². The Morgan fingerprint density at radius 1 is 0.600 bits per heavy atom. The molecule has 10 nitrogen and oxygen atoms in total. The molecular weight excluding hydrogens is 714 g/mol. The first-order valence-corrected chi connectivity index (χ1v) is 18.6. The Kier molecular flexibility index (Phi) is 12.1. The summed E-state index contributed by atoms with van der Waals surface area (Å²) in [6.45, 7) is 8.72. The predicted molar refractivity (Wildman–Crippen MR) is 197 cm³/mol. The van der Waals surface area contributed by atoms with Gasteiger partial charge in [0.1, 0.15) is 46.8 Å². The molecule has 290 valence electrons. The second kappa shape index (κ2) is 17.3. The summed E-state index contributed by atoms with van der Waals surface area (Å²) in [6.07, 6.45) is 3.55. The maximum Gasteiger partial charge on any atom is 0.346 e. The molecule has 1 aliphatic carbocycles. The first-order chi connectivity index (χ1) is 26.7. The maximum atomic E-state index is 15.0. The molecule has 2 saturated heterocycles. The zero-order chi connectivity index (χ0) is 38.4. The highest BCUT2D eigenvalue weighted by Crippen LogP contribution is 2.50. The molecule has 2 aliphatic heterocycles. The number of esters is 2. The molecule has 0 spiro atoms. The third kappa shape index (κ3) is 9.87. The van der Waals surface area contributed by atoms with Gasteiger partial charge in [-0.15, -0.1) is 0 Å². The van der Waals surface area contributed by atoms with Crippen molar-refractivity contribution >= 4 is 11.9 Å². The number of unbranched alkanes of at least 4 members (excludes halogenated alkanes) is 2. The number of rotatable bonds is 20. The van der Waals surface area contributed by atoms with Crippen LogP contribution in [0.5, 0.6) is 23.0 Å². The first kappa shape index (κ1) is 38.4. The van der Waals surface area contributed by atoms with Gasteiger partial charge in [-0.25, -0.2) is 18.4 Å². The first-order valence-electron chi connectivity index (χ1n) is 18.6. The zero-order valence-corrected chi connectivity index (χ0v) is 30.9. The van der Waals surface area contributed by atoms with Crippen molar-refractivity contribution in [2.75, 3.05) is 52.9 Å². The second-order valence-corrected chi connectivity index (χ2v) is 14.3. The Balaban J connectivity index is 0.913. The smallest absolute Gasteiger partial charge is 0.346 e. The molecular formula is C43H44F2O10. The lowest BCUT2D eigenvalue weighted by atomic mass is 9.82. The van der Waals surface area contributed by atoms with Crippen LogP contribution in [0.4, 0.5) is 8.78 Å². The summed E-state index contributed by atoms with van der Waals surface area (Å²) < 4.78 is 73.7. The SMILES string of the molecule is CC1(C)c2cc(OC(=O)c3ccc(OCCCCOCC4CO4)cc3F)ccc2-c2ccc(OC(=O)c3ccc(OCCCCOCC4CO4)cc3F)cc21. The van der Waals surface area contributed by atoms with E-state index in [1.54, 1.807) is 36.4 Å². The van der Waals surface area contributed by atoms with Crippen LogP contribution in [0.25, 0.3) is 11.1 Å². The van der Waals surface area contributed by atoms with Gasteiger partial charge in [-0.05, 0) is 96.5 Å². The topological polar surface area (TPSA) is 115 Å². The monoisotopic (exact) mass is 758 g/mol. The van der Waals surface area contributed by atoms with Crippen molar-refractivity contribution in [3.8, 4) is 34.1 Å². The third-order valence-corrected chi connectivity index (χ3v) is 9.68. The highest BCUT2D eigenvalue weighted by molar-refractivity contribution is 5.93.